The molecule has 0 amide bonds. The van der Waals surface area contributed by atoms with Crippen molar-refractivity contribution in [1.29, 1.82) is 0 Å². The Morgan fingerprint density at radius 3 is 2.67 bits per heavy atom. The molecule has 2 aliphatic carbocycles. The van der Waals surface area contributed by atoms with Gasteiger partial charge in [-0.05, 0) is 85.8 Å². The lowest BCUT2D eigenvalue weighted by molar-refractivity contribution is 0.0776. The van der Waals surface area contributed by atoms with Crippen LogP contribution < -0.4 is 0 Å². The van der Waals surface area contributed by atoms with E-state index in [1.54, 1.807) is 0 Å². The fraction of sp³-hybridized carbons (Fsp3) is 0.680. The van der Waals surface area contributed by atoms with E-state index >= 15 is 0 Å². The standard InChI is InChI=1S/C25H39FO3S/c1-6-22(12-8-14-24(26)30(5,28)29)25(4)17-9-11-21(19(25)3)16-15-20-10-7-13-23(27)18(20)2/h14-16,19,22-23,27H,2,6-13,17H2,1,3-5H3/b20-15-,21-16+,24-14-. The van der Waals surface area contributed by atoms with E-state index in [0.717, 1.165) is 68.8 Å². The van der Waals surface area contributed by atoms with E-state index in [2.05, 4.69) is 39.5 Å². The molecule has 1 N–H and O–H groups in total. The number of hydrogen-bond acceptors (Lipinski definition) is 3. The third kappa shape index (κ3) is 5.94. The maximum absolute atomic E-state index is 13.7. The minimum atomic E-state index is -3.74. The summed E-state index contributed by atoms with van der Waals surface area (Å²) in [6, 6.07) is 0. The molecular formula is C25H39FO3S. The van der Waals surface area contributed by atoms with E-state index in [1.165, 1.54) is 11.6 Å². The predicted molar refractivity (Wildman–Crippen MR) is 123 cm³/mol. The molecule has 4 atom stereocenters. The van der Waals surface area contributed by atoms with Gasteiger partial charge in [0.2, 0.25) is 15.0 Å². The van der Waals surface area contributed by atoms with Crippen molar-refractivity contribution in [1.82, 2.24) is 0 Å². The van der Waals surface area contributed by atoms with Gasteiger partial charge in [0.05, 0.1) is 6.10 Å². The summed E-state index contributed by atoms with van der Waals surface area (Å²) in [4.78, 5) is 0. The molecular weight excluding hydrogens is 399 g/mol. The first-order valence-electron chi connectivity index (χ1n) is 11.3. The number of aliphatic hydroxyl groups is 1. The van der Waals surface area contributed by atoms with Crippen LogP contribution in [-0.2, 0) is 9.84 Å². The SMILES string of the molecule is C=C1/C(=C\C=C2/CCCC(C)(C(CC)CC/C=C(/F)S(C)(=O)=O)C2C)CCCC1O. The summed E-state index contributed by atoms with van der Waals surface area (Å²) >= 11 is 0. The summed E-state index contributed by atoms with van der Waals surface area (Å²) in [5, 5.41) is 9.05. The Labute approximate surface area is 182 Å². The second kappa shape index (κ2) is 10.4. The van der Waals surface area contributed by atoms with Crippen molar-refractivity contribution >= 4 is 9.84 Å². The molecule has 5 heteroatoms. The predicted octanol–water partition coefficient (Wildman–Crippen LogP) is 6.43. The van der Waals surface area contributed by atoms with Gasteiger partial charge in [-0.15, -0.1) is 0 Å². The van der Waals surface area contributed by atoms with E-state index < -0.39 is 21.1 Å². The Morgan fingerprint density at radius 1 is 1.33 bits per heavy atom. The third-order valence-electron chi connectivity index (χ3n) is 7.56. The average molecular weight is 439 g/mol. The lowest BCUT2D eigenvalue weighted by Crippen LogP contribution is -2.37. The highest BCUT2D eigenvalue weighted by atomic mass is 32.2. The molecule has 0 radical (unpaired) electrons. The van der Waals surface area contributed by atoms with Crippen molar-refractivity contribution in [3.05, 3.63) is 46.7 Å². The molecule has 30 heavy (non-hydrogen) atoms. The summed E-state index contributed by atoms with van der Waals surface area (Å²) in [7, 11) is -3.74. The van der Waals surface area contributed by atoms with Crippen molar-refractivity contribution in [2.24, 2.45) is 17.3 Å². The van der Waals surface area contributed by atoms with Gasteiger partial charge in [0, 0.05) is 6.26 Å². The van der Waals surface area contributed by atoms with Crippen molar-refractivity contribution in [3.63, 3.8) is 0 Å². The Kier molecular flexibility index (Phi) is 8.70. The van der Waals surface area contributed by atoms with Crippen LogP contribution in [0.2, 0.25) is 0 Å². The van der Waals surface area contributed by atoms with Gasteiger partial charge in [0.25, 0.3) is 0 Å². The first-order chi connectivity index (χ1) is 14.0. The zero-order valence-electron chi connectivity index (χ0n) is 19.1. The van der Waals surface area contributed by atoms with Crippen LogP contribution in [0.5, 0.6) is 0 Å². The molecule has 2 aliphatic rings. The molecule has 0 aromatic rings. The largest absolute Gasteiger partial charge is 0.388 e. The van der Waals surface area contributed by atoms with Gasteiger partial charge in [-0.25, -0.2) is 8.42 Å². The van der Waals surface area contributed by atoms with Gasteiger partial charge in [-0.2, -0.15) is 4.39 Å². The van der Waals surface area contributed by atoms with Crippen LogP contribution in [0.15, 0.2) is 46.7 Å². The lowest BCUT2D eigenvalue weighted by Gasteiger charge is -2.47. The van der Waals surface area contributed by atoms with Gasteiger partial charge >= 0.3 is 0 Å². The molecule has 2 saturated carbocycles. The minimum absolute atomic E-state index is 0.107. The molecule has 0 aromatic carbocycles. The summed E-state index contributed by atoms with van der Waals surface area (Å²) < 4.78 is 36.3. The maximum Gasteiger partial charge on any atom is 0.210 e. The van der Waals surface area contributed by atoms with Gasteiger partial charge < -0.3 is 5.11 Å². The second-order valence-corrected chi connectivity index (χ2v) is 11.3. The number of rotatable bonds is 7. The molecule has 0 aromatic heterocycles. The zero-order valence-corrected chi connectivity index (χ0v) is 19.9. The van der Waals surface area contributed by atoms with Gasteiger partial charge in [0.1, 0.15) is 0 Å². The van der Waals surface area contributed by atoms with Crippen molar-refractivity contribution < 1.29 is 17.9 Å². The molecule has 0 spiro atoms. The number of allylic oxidation sites excluding steroid dienone is 4. The highest BCUT2D eigenvalue weighted by Gasteiger charge is 2.41. The fourth-order valence-electron chi connectivity index (χ4n) is 5.30. The Bertz CT molecular complexity index is 821. The summed E-state index contributed by atoms with van der Waals surface area (Å²) in [6.45, 7) is 10.9. The molecule has 0 heterocycles. The van der Waals surface area contributed by atoms with Crippen molar-refractivity contribution in [2.45, 2.75) is 84.7 Å². The molecule has 0 saturated heterocycles. The average Bonchev–Trinajstić information content (AvgIpc) is 2.68. The van der Waals surface area contributed by atoms with Crippen LogP contribution in [0.1, 0.15) is 78.6 Å². The smallest absolute Gasteiger partial charge is 0.210 e. The van der Waals surface area contributed by atoms with E-state index in [0.29, 0.717) is 18.3 Å². The Morgan fingerprint density at radius 2 is 2.03 bits per heavy atom. The lowest BCUT2D eigenvalue weighted by atomic mass is 9.58. The Hall–Kier alpha value is -1.20. The quantitative estimate of drug-likeness (QED) is 0.498. The van der Waals surface area contributed by atoms with Crippen LogP contribution >= 0.6 is 0 Å². The van der Waals surface area contributed by atoms with Crippen molar-refractivity contribution in [2.75, 3.05) is 6.26 Å². The van der Waals surface area contributed by atoms with Gasteiger partial charge in [-0.1, -0.05) is 51.5 Å². The number of aliphatic hydroxyl groups excluding tert-OH is 1. The van der Waals surface area contributed by atoms with Crippen LogP contribution in [0.4, 0.5) is 4.39 Å². The van der Waals surface area contributed by atoms with Gasteiger partial charge in [0.15, 0.2) is 0 Å². The molecule has 3 nitrogen and oxygen atoms in total. The molecule has 2 rings (SSSR count). The van der Waals surface area contributed by atoms with E-state index in [4.69, 9.17) is 0 Å². The van der Waals surface area contributed by atoms with Crippen LogP contribution in [0.25, 0.3) is 0 Å². The normalized spacial score (nSPS) is 32.6. The maximum atomic E-state index is 13.7. The summed E-state index contributed by atoms with van der Waals surface area (Å²) in [5.41, 5.74) is 3.56. The van der Waals surface area contributed by atoms with E-state index in [9.17, 15) is 17.9 Å². The molecule has 4 unspecified atom stereocenters. The molecule has 2 fully saturated rings. The first-order valence-corrected chi connectivity index (χ1v) is 13.2. The highest BCUT2D eigenvalue weighted by molar-refractivity contribution is 7.94. The highest BCUT2D eigenvalue weighted by Crippen LogP contribution is 2.51. The third-order valence-corrected chi connectivity index (χ3v) is 8.44. The van der Waals surface area contributed by atoms with E-state index in [1.807, 2.05) is 0 Å². The number of sulfone groups is 1. The summed E-state index contributed by atoms with van der Waals surface area (Å²) in [6.07, 6.45) is 14.5. The molecule has 0 bridgehead atoms. The first kappa shape index (κ1) is 25.1. The van der Waals surface area contributed by atoms with Crippen LogP contribution in [0, 0.1) is 17.3 Å². The Balaban J connectivity index is 2.16. The van der Waals surface area contributed by atoms with Gasteiger partial charge in [-0.3, -0.25) is 0 Å². The topological polar surface area (TPSA) is 54.4 Å². The van der Waals surface area contributed by atoms with Crippen molar-refractivity contribution in [3.8, 4) is 0 Å². The number of halogens is 1. The van der Waals surface area contributed by atoms with E-state index in [-0.39, 0.29) is 5.41 Å². The molecule has 170 valence electrons. The minimum Gasteiger partial charge on any atom is -0.388 e. The fourth-order valence-corrected chi connectivity index (χ4v) is 5.72. The summed E-state index contributed by atoms with van der Waals surface area (Å²) in [5.74, 6) is 0.803. The monoisotopic (exact) mass is 438 g/mol. The molecule has 0 aliphatic heterocycles. The zero-order chi connectivity index (χ0) is 22.5. The second-order valence-electron chi connectivity index (χ2n) is 9.41. The van der Waals surface area contributed by atoms with Crippen LogP contribution in [-0.4, -0.2) is 25.9 Å². The number of hydrogen-bond donors (Lipinski definition) is 1. The van der Waals surface area contributed by atoms with Crippen LogP contribution in [0.3, 0.4) is 0 Å².